The van der Waals surface area contributed by atoms with Crippen LogP contribution in [0.25, 0.3) is 0 Å². The molecule has 20 heavy (non-hydrogen) atoms. The second-order valence-corrected chi connectivity index (χ2v) is 4.79. The first-order chi connectivity index (χ1) is 9.54. The van der Waals surface area contributed by atoms with Gasteiger partial charge in [0.25, 0.3) is 5.91 Å². The topological polar surface area (TPSA) is 38.3 Å². The van der Waals surface area contributed by atoms with Gasteiger partial charge < -0.3 is 10.1 Å². The molecule has 2 aromatic carbocycles. The molecule has 2 rings (SSSR count). The molecule has 0 atom stereocenters. The lowest BCUT2D eigenvalue weighted by molar-refractivity contribution is -0.118. The van der Waals surface area contributed by atoms with Crippen LogP contribution in [-0.2, 0) is 4.79 Å². The average molecular weight is 314 g/mol. The number of amides is 1. The Morgan fingerprint density at radius 2 is 1.75 bits per heavy atom. The normalized spacial score (nSPS) is 10.2. The summed E-state index contributed by atoms with van der Waals surface area (Å²) < 4.78 is 18.7. The van der Waals surface area contributed by atoms with Crippen LogP contribution in [0, 0.1) is 5.82 Å². The minimum absolute atomic E-state index is 0.0547. The molecule has 104 valence electrons. The summed E-state index contributed by atoms with van der Waals surface area (Å²) in [7, 11) is 0. The van der Waals surface area contributed by atoms with Crippen LogP contribution in [0.5, 0.6) is 5.75 Å². The van der Waals surface area contributed by atoms with Crippen molar-refractivity contribution in [2.24, 2.45) is 0 Å². The third-order valence-electron chi connectivity index (χ3n) is 2.39. The van der Waals surface area contributed by atoms with Crippen molar-refractivity contribution >= 4 is 34.8 Å². The number of anilines is 1. The second kappa shape index (κ2) is 6.59. The van der Waals surface area contributed by atoms with E-state index < -0.39 is 11.7 Å². The Morgan fingerprint density at radius 3 is 2.40 bits per heavy atom. The highest BCUT2D eigenvalue weighted by atomic mass is 35.5. The van der Waals surface area contributed by atoms with Gasteiger partial charge in [-0.25, -0.2) is 4.39 Å². The fraction of sp³-hybridized carbons (Fsp3) is 0.0714. The van der Waals surface area contributed by atoms with Crippen LogP contribution in [-0.4, -0.2) is 12.5 Å². The zero-order valence-electron chi connectivity index (χ0n) is 10.2. The van der Waals surface area contributed by atoms with Crippen molar-refractivity contribution in [3.05, 3.63) is 58.3 Å². The van der Waals surface area contributed by atoms with Gasteiger partial charge in [-0.2, -0.15) is 0 Å². The Hall–Kier alpha value is -1.78. The SMILES string of the molecule is O=C(COc1ccc(Cl)cc1)Nc1ccc(Cl)cc1F. The van der Waals surface area contributed by atoms with E-state index in [0.717, 1.165) is 6.07 Å². The number of hydrogen-bond donors (Lipinski definition) is 1. The number of halogens is 3. The molecule has 0 spiro atoms. The number of ether oxygens (including phenoxy) is 1. The van der Waals surface area contributed by atoms with Crippen molar-refractivity contribution in [2.75, 3.05) is 11.9 Å². The van der Waals surface area contributed by atoms with E-state index in [-0.39, 0.29) is 17.3 Å². The molecule has 0 saturated heterocycles. The van der Waals surface area contributed by atoms with E-state index in [1.807, 2.05) is 0 Å². The molecule has 0 aliphatic carbocycles. The van der Waals surface area contributed by atoms with Crippen LogP contribution >= 0.6 is 23.2 Å². The second-order valence-electron chi connectivity index (χ2n) is 3.91. The molecule has 0 aromatic heterocycles. The van der Waals surface area contributed by atoms with Crippen LogP contribution in [0.4, 0.5) is 10.1 Å². The van der Waals surface area contributed by atoms with Gasteiger partial charge in [-0.15, -0.1) is 0 Å². The maximum absolute atomic E-state index is 13.5. The Morgan fingerprint density at radius 1 is 1.10 bits per heavy atom. The largest absolute Gasteiger partial charge is 0.484 e. The van der Waals surface area contributed by atoms with E-state index >= 15 is 0 Å². The summed E-state index contributed by atoms with van der Waals surface area (Å²) in [5, 5.41) is 3.23. The monoisotopic (exact) mass is 313 g/mol. The summed E-state index contributed by atoms with van der Waals surface area (Å²) in [5.41, 5.74) is 0.0547. The van der Waals surface area contributed by atoms with Crippen molar-refractivity contribution in [1.82, 2.24) is 0 Å². The molecular weight excluding hydrogens is 304 g/mol. The lowest BCUT2D eigenvalue weighted by atomic mass is 10.3. The number of benzene rings is 2. The molecule has 1 N–H and O–H groups in total. The van der Waals surface area contributed by atoms with Crippen LogP contribution in [0.3, 0.4) is 0 Å². The van der Waals surface area contributed by atoms with Gasteiger partial charge in [-0.3, -0.25) is 4.79 Å². The van der Waals surface area contributed by atoms with Gasteiger partial charge >= 0.3 is 0 Å². The number of carbonyl (C=O) groups is 1. The Balaban J connectivity index is 1.90. The van der Waals surface area contributed by atoms with Gasteiger partial charge in [0.1, 0.15) is 11.6 Å². The van der Waals surface area contributed by atoms with E-state index in [2.05, 4.69) is 5.32 Å². The molecule has 0 unspecified atom stereocenters. The first-order valence-electron chi connectivity index (χ1n) is 5.68. The standard InChI is InChI=1S/C14H10Cl2FNO2/c15-9-1-4-11(5-2-9)20-8-14(19)18-13-6-3-10(16)7-12(13)17/h1-7H,8H2,(H,18,19). The molecule has 0 aliphatic rings. The summed E-state index contributed by atoms with van der Waals surface area (Å²) >= 11 is 11.3. The third kappa shape index (κ3) is 4.11. The molecule has 1 amide bonds. The molecule has 0 heterocycles. The Kier molecular flexibility index (Phi) is 4.82. The zero-order chi connectivity index (χ0) is 14.5. The minimum atomic E-state index is -0.600. The van der Waals surface area contributed by atoms with Crippen LogP contribution in [0.2, 0.25) is 10.0 Å². The average Bonchev–Trinajstić information content (AvgIpc) is 2.41. The van der Waals surface area contributed by atoms with Gasteiger partial charge in [0, 0.05) is 10.0 Å². The summed E-state index contributed by atoms with van der Waals surface area (Å²) in [6.07, 6.45) is 0. The van der Waals surface area contributed by atoms with E-state index in [1.54, 1.807) is 24.3 Å². The molecule has 0 fully saturated rings. The highest BCUT2D eigenvalue weighted by molar-refractivity contribution is 6.30. The van der Waals surface area contributed by atoms with Crippen LogP contribution in [0.15, 0.2) is 42.5 Å². The molecule has 0 aliphatic heterocycles. The van der Waals surface area contributed by atoms with Gasteiger partial charge in [0.2, 0.25) is 0 Å². The molecule has 3 nitrogen and oxygen atoms in total. The molecular formula is C14H10Cl2FNO2. The zero-order valence-corrected chi connectivity index (χ0v) is 11.7. The summed E-state index contributed by atoms with van der Waals surface area (Å²) in [5.74, 6) is -0.570. The number of nitrogens with one attached hydrogen (secondary N) is 1. The molecule has 0 bridgehead atoms. The summed E-state index contributed by atoms with van der Waals surface area (Å²) in [6, 6.07) is 10.6. The minimum Gasteiger partial charge on any atom is -0.484 e. The van der Waals surface area contributed by atoms with Crippen molar-refractivity contribution in [1.29, 1.82) is 0 Å². The van der Waals surface area contributed by atoms with Gasteiger partial charge in [-0.1, -0.05) is 23.2 Å². The lowest BCUT2D eigenvalue weighted by Gasteiger charge is -2.08. The van der Waals surface area contributed by atoms with Gasteiger partial charge in [-0.05, 0) is 42.5 Å². The quantitative estimate of drug-likeness (QED) is 0.920. The predicted molar refractivity (Wildman–Crippen MR) is 77.0 cm³/mol. The predicted octanol–water partition coefficient (Wildman–Crippen LogP) is 4.15. The van der Waals surface area contributed by atoms with Crippen molar-refractivity contribution in [3.8, 4) is 5.75 Å². The number of hydrogen-bond acceptors (Lipinski definition) is 2. The summed E-state index contributed by atoms with van der Waals surface area (Å²) in [6.45, 7) is -0.232. The van der Waals surface area contributed by atoms with Gasteiger partial charge in [0.05, 0.1) is 5.69 Å². The fourth-order valence-corrected chi connectivity index (χ4v) is 1.74. The van der Waals surface area contributed by atoms with E-state index in [0.29, 0.717) is 10.8 Å². The first-order valence-corrected chi connectivity index (χ1v) is 6.43. The Bertz CT molecular complexity index is 617. The molecule has 0 radical (unpaired) electrons. The maximum Gasteiger partial charge on any atom is 0.262 e. The molecule has 6 heteroatoms. The van der Waals surface area contributed by atoms with Crippen molar-refractivity contribution in [2.45, 2.75) is 0 Å². The van der Waals surface area contributed by atoms with E-state index in [1.165, 1.54) is 12.1 Å². The van der Waals surface area contributed by atoms with Crippen LogP contribution in [0.1, 0.15) is 0 Å². The molecule has 0 saturated carbocycles. The highest BCUT2D eigenvalue weighted by Crippen LogP contribution is 2.19. The molecule has 2 aromatic rings. The highest BCUT2D eigenvalue weighted by Gasteiger charge is 2.08. The van der Waals surface area contributed by atoms with E-state index in [4.69, 9.17) is 27.9 Å². The smallest absolute Gasteiger partial charge is 0.262 e. The third-order valence-corrected chi connectivity index (χ3v) is 2.88. The number of rotatable bonds is 4. The van der Waals surface area contributed by atoms with Crippen LogP contribution < -0.4 is 10.1 Å². The van der Waals surface area contributed by atoms with Crippen molar-refractivity contribution in [3.63, 3.8) is 0 Å². The Labute approximate surface area is 125 Å². The number of carbonyl (C=O) groups excluding carboxylic acids is 1. The first kappa shape index (κ1) is 14.6. The van der Waals surface area contributed by atoms with Crippen molar-refractivity contribution < 1.29 is 13.9 Å². The lowest BCUT2D eigenvalue weighted by Crippen LogP contribution is -2.20. The maximum atomic E-state index is 13.5. The van der Waals surface area contributed by atoms with E-state index in [9.17, 15) is 9.18 Å². The summed E-state index contributed by atoms with van der Waals surface area (Å²) in [4.78, 5) is 11.6. The van der Waals surface area contributed by atoms with Gasteiger partial charge in [0.15, 0.2) is 6.61 Å². The fourth-order valence-electron chi connectivity index (χ4n) is 1.46.